The van der Waals surface area contributed by atoms with Crippen LogP contribution in [0.2, 0.25) is 0 Å². The van der Waals surface area contributed by atoms with Gasteiger partial charge in [0.1, 0.15) is 5.69 Å². The number of nitrogens with zero attached hydrogens (tertiary/aromatic N) is 2. The maximum absolute atomic E-state index is 5.37. The summed E-state index contributed by atoms with van der Waals surface area (Å²) in [6.07, 6.45) is 2.03. The monoisotopic (exact) mass is 307 g/mol. The number of methoxy groups -OCH3 is 1. The van der Waals surface area contributed by atoms with Gasteiger partial charge in [0.05, 0.1) is 7.11 Å². The van der Waals surface area contributed by atoms with Crippen molar-refractivity contribution < 1.29 is 4.74 Å². The first-order chi connectivity index (χ1) is 9.69. The van der Waals surface area contributed by atoms with Crippen LogP contribution in [-0.4, -0.2) is 16.5 Å². The van der Waals surface area contributed by atoms with Crippen LogP contribution >= 0.6 is 22.7 Å². The van der Waals surface area contributed by atoms with Gasteiger partial charge in [0, 0.05) is 33.9 Å². The third kappa shape index (κ3) is 2.46. The summed E-state index contributed by atoms with van der Waals surface area (Å²) in [6, 6.07) is 4.67. The Labute approximate surface area is 126 Å². The molecular weight excluding hydrogens is 290 g/mol. The molecule has 0 aliphatic carbocycles. The van der Waals surface area contributed by atoms with Crippen molar-refractivity contribution in [1.29, 1.82) is 0 Å². The standard InChI is InChI=1S/C14H17N3OS2/c1-9-4-5-12(20-9)10(2)15-8-11-13(18-3)16-14-17(11)6-7-19-14/h4-7,10,15H,8H2,1-3H3. The molecule has 4 nitrogen and oxygen atoms in total. The summed E-state index contributed by atoms with van der Waals surface area (Å²) >= 11 is 3.45. The smallest absolute Gasteiger partial charge is 0.237 e. The molecule has 0 radical (unpaired) electrons. The SMILES string of the molecule is COc1nc2sccn2c1CNC(C)c1ccc(C)s1. The Kier molecular flexibility index (Phi) is 3.78. The summed E-state index contributed by atoms with van der Waals surface area (Å²) < 4.78 is 7.45. The fourth-order valence-corrected chi connectivity index (χ4v) is 3.80. The molecule has 20 heavy (non-hydrogen) atoms. The zero-order valence-corrected chi connectivity index (χ0v) is 13.3. The topological polar surface area (TPSA) is 38.6 Å². The zero-order valence-electron chi connectivity index (χ0n) is 11.7. The minimum Gasteiger partial charge on any atom is -0.480 e. The van der Waals surface area contributed by atoms with Gasteiger partial charge in [-0.2, -0.15) is 4.98 Å². The minimum atomic E-state index is 0.322. The second-order valence-corrected chi connectivity index (χ2v) is 6.87. The zero-order chi connectivity index (χ0) is 14.1. The number of aromatic nitrogens is 2. The molecule has 3 aromatic heterocycles. The van der Waals surface area contributed by atoms with Gasteiger partial charge in [0.15, 0.2) is 4.96 Å². The van der Waals surface area contributed by atoms with Crippen molar-refractivity contribution in [3.8, 4) is 5.88 Å². The van der Waals surface area contributed by atoms with Crippen molar-refractivity contribution >= 4 is 27.6 Å². The number of hydrogen-bond acceptors (Lipinski definition) is 5. The van der Waals surface area contributed by atoms with E-state index in [0.29, 0.717) is 11.9 Å². The number of rotatable bonds is 5. The summed E-state index contributed by atoms with van der Waals surface area (Å²) in [6.45, 7) is 5.05. The average molecular weight is 307 g/mol. The van der Waals surface area contributed by atoms with Crippen LogP contribution in [0, 0.1) is 6.92 Å². The van der Waals surface area contributed by atoms with Gasteiger partial charge in [0.25, 0.3) is 0 Å². The fourth-order valence-electron chi connectivity index (χ4n) is 2.17. The molecule has 0 aliphatic rings. The van der Waals surface area contributed by atoms with Crippen LogP contribution in [0.25, 0.3) is 4.96 Å². The lowest BCUT2D eigenvalue weighted by Crippen LogP contribution is -2.18. The first kappa shape index (κ1) is 13.6. The van der Waals surface area contributed by atoms with Crippen LogP contribution in [0.5, 0.6) is 5.88 Å². The molecule has 0 fully saturated rings. The molecule has 6 heteroatoms. The average Bonchev–Trinajstić information content (AvgIpc) is 3.11. The van der Waals surface area contributed by atoms with E-state index in [1.54, 1.807) is 18.4 Å². The Bertz CT molecular complexity index is 713. The highest BCUT2D eigenvalue weighted by atomic mass is 32.1. The van der Waals surface area contributed by atoms with E-state index in [1.165, 1.54) is 9.75 Å². The Morgan fingerprint density at radius 1 is 1.45 bits per heavy atom. The number of nitrogens with one attached hydrogen (secondary N) is 1. The number of imidazole rings is 1. The van der Waals surface area contributed by atoms with E-state index in [2.05, 4.69) is 40.7 Å². The lowest BCUT2D eigenvalue weighted by molar-refractivity contribution is 0.391. The lowest BCUT2D eigenvalue weighted by Gasteiger charge is -2.12. The molecule has 0 spiro atoms. The van der Waals surface area contributed by atoms with E-state index in [-0.39, 0.29) is 0 Å². The molecule has 0 bridgehead atoms. The minimum absolute atomic E-state index is 0.322. The number of fused-ring (bicyclic) bond motifs is 1. The predicted octanol–water partition coefficient (Wildman–Crippen LogP) is 3.63. The number of hydrogen-bond donors (Lipinski definition) is 1. The number of aryl methyl sites for hydroxylation is 1. The van der Waals surface area contributed by atoms with Gasteiger partial charge in [0.2, 0.25) is 5.88 Å². The third-order valence-corrected chi connectivity index (χ3v) is 5.22. The van der Waals surface area contributed by atoms with Crippen molar-refractivity contribution in [2.45, 2.75) is 26.4 Å². The van der Waals surface area contributed by atoms with E-state index in [9.17, 15) is 0 Å². The largest absolute Gasteiger partial charge is 0.480 e. The van der Waals surface area contributed by atoms with Gasteiger partial charge in [-0.15, -0.1) is 22.7 Å². The lowest BCUT2D eigenvalue weighted by atomic mass is 10.2. The third-order valence-electron chi connectivity index (χ3n) is 3.28. The molecule has 3 heterocycles. The van der Waals surface area contributed by atoms with Crippen molar-refractivity contribution in [1.82, 2.24) is 14.7 Å². The summed E-state index contributed by atoms with van der Waals surface area (Å²) in [7, 11) is 1.67. The molecule has 0 aliphatic heterocycles. The molecule has 3 aromatic rings. The van der Waals surface area contributed by atoms with E-state index in [1.807, 2.05) is 22.9 Å². The summed E-state index contributed by atoms with van der Waals surface area (Å²) in [4.78, 5) is 8.14. The fraction of sp³-hybridized carbons (Fsp3) is 0.357. The normalized spacial score (nSPS) is 12.9. The molecule has 0 saturated heterocycles. The molecule has 1 N–H and O–H groups in total. The molecule has 1 atom stereocenters. The summed E-state index contributed by atoms with van der Waals surface area (Å²) in [5, 5.41) is 5.58. The quantitative estimate of drug-likeness (QED) is 0.782. The number of ether oxygens (including phenoxy) is 1. The van der Waals surface area contributed by atoms with Gasteiger partial charge in [-0.1, -0.05) is 0 Å². The van der Waals surface area contributed by atoms with Gasteiger partial charge >= 0.3 is 0 Å². The Morgan fingerprint density at radius 2 is 2.30 bits per heavy atom. The predicted molar refractivity (Wildman–Crippen MR) is 83.9 cm³/mol. The van der Waals surface area contributed by atoms with E-state index in [0.717, 1.165) is 17.2 Å². The molecule has 1 unspecified atom stereocenters. The first-order valence-corrected chi connectivity index (χ1v) is 8.17. The van der Waals surface area contributed by atoms with Gasteiger partial charge < -0.3 is 10.1 Å². The molecule has 0 aromatic carbocycles. The van der Waals surface area contributed by atoms with Crippen molar-refractivity contribution in [3.05, 3.63) is 39.2 Å². The highest BCUT2D eigenvalue weighted by Crippen LogP contribution is 2.25. The van der Waals surface area contributed by atoms with Crippen LogP contribution in [0.3, 0.4) is 0 Å². The molecular formula is C14H17N3OS2. The Balaban J connectivity index is 1.77. The highest BCUT2D eigenvalue weighted by molar-refractivity contribution is 7.15. The van der Waals surface area contributed by atoms with Crippen LogP contribution < -0.4 is 10.1 Å². The highest BCUT2D eigenvalue weighted by Gasteiger charge is 2.15. The second-order valence-electron chi connectivity index (χ2n) is 4.67. The second kappa shape index (κ2) is 5.55. The summed E-state index contributed by atoms with van der Waals surface area (Å²) in [5.74, 6) is 0.707. The van der Waals surface area contributed by atoms with E-state index < -0.39 is 0 Å². The van der Waals surface area contributed by atoms with Crippen LogP contribution in [-0.2, 0) is 6.54 Å². The molecule has 0 amide bonds. The molecule has 106 valence electrons. The van der Waals surface area contributed by atoms with E-state index in [4.69, 9.17) is 4.74 Å². The van der Waals surface area contributed by atoms with Gasteiger partial charge in [-0.3, -0.25) is 4.40 Å². The van der Waals surface area contributed by atoms with E-state index >= 15 is 0 Å². The van der Waals surface area contributed by atoms with Crippen LogP contribution in [0.15, 0.2) is 23.7 Å². The number of thiophene rings is 1. The number of thiazole rings is 1. The van der Waals surface area contributed by atoms with Crippen LogP contribution in [0.4, 0.5) is 0 Å². The maximum atomic E-state index is 5.37. The van der Waals surface area contributed by atoms with Gasteiger partial charge in [-0.05, 0) is 26.0 Å². The van der Waals surface area contributed by atoms with Crippen molar-refractivity contribution in [3.63, 3.8) is 0 Å². The summed E-state index contributed by atoms with van der Waals surface area (Å²) in [5.41, 5.74) is 1.07. The Morgan fingerprint density at radius 3 is 3.00 bits per heavy atom. The Hall–Kier alpha value is -1.37. The van der Waals surface area contributed by atoms with Crippen molar-refractivity contribution in [2.75, 3.05) is 7.11 Å². The van der Waals surface area contributed by atoms with Crippen molar-refractivity contribution in [2.24, 2.45) is 0 Å². The first-order valence-electron chi connectivity index (χ1n) is 6.47. The maximum Gasteiger partial charge on any atom is 0.237 e. The van der Waals surface area contributed by atoms with Crippen LogP contribution in [0.1, 0.15) is 28.4 Å². The molecule has 3 rings (SSSR count). The molecule has 0 saturated carbocycles. The van der Waals surface area contributed by atoms with Gasteiger partial charge in [-0.25, -0.2) is 0 Å².